The van der Waals surface area contributed by atoms with E-state index in [1.165, 1.54) is 12.0 Å². The normalized spacial score (nSPS) is 21.8. The van der Waals surface area contributed by atoms with Crippen molar-refractivity contribution in [2.45, 2.75) is 16.6 Å². The lowest BCUT2D eigenvalue weighted by Crippen LogP contribution is -2.47. The van der Waals surface area contributed by atoms with Gasteiger partial charge in [-0.25, -0.2) is 0 Å². The molecule has 0 saturated carbocycles. The molecule has 1 saturated heterocycles. The minimum absolute atomic E-state index is 0.249. The van der Waals surface area contributed by atoms with E-state index < -0.39 is 9.70 Å². The number of methoxy groups -OCH3 is 1. The molecule has 1 unspecified atom stereocenters. The maximum Gasteiger partial charge on any atom is 0.310 e. The summed E-state index contributed by atoms with van der Waals surface area (Å²) >= 11 is 16.5. The molecule has 0 aromatic carbocycles. The van der Waals surface area contributed by atoms with Crippen molar-refractivity contribution in [2.75, 3.05) is 20.2 Å². The molecule has 92 valence electrons. The average molecular weight is 289 g/mol. The van der Waals surface area contributed by atoms with E-state index in [0.29, 0.717) is 19.4 Å². The second-order valence-electron chi connectivity index (χ2n) is 3.61. The zero-order chi connectivity index (χ0) is 12.3. The van der Waals surface area contributed by atoms with Crippen LogP contribution in [0.2, 0.25) is 0 Å². The van der Waals surface area contributed by atoms with Crippen LogP contribution in [0.1, 0.15) is 12.8 Å². The Hall–Kier alpha value is -0.190. The predicted octanol–water partition coefficient (Wildman–Crippen LogP) is 1.77. The third-order valence-corrected chi connectivity index (χ3v) is 2.97. The molecule has 1 aliphatic rings. The Morgan fingerprint density at radius 1 is 1.38 bits per heavy atom. The summed E-state index contributed by atoms with van der Waals surface area (Å²) in [6, 6.07) is 0. The van der Waals surface area contributed by atoms with Crippen molar-refractivity contribution in [1.82, 2.24) is 4.90 Å². The van der Waals surface area contributed by atoms with Crippen LogP contribution in [0.15, 0.2) is 0 Å². The molecule has 0 aliphatic carbocycles. The van der Waals surface area contributed by atoms with Gasteiger partial charge in [0.15, 0.2) is 0 Å². The second kappa shape index (κ2) is 5.43. The highest BCUT2D eigenvalue weighted by Crippen LogP contribution is 2.30. The highest BCUT2D eigenvalue weighted by Gasteiger charge is 2.38. The maximum absolute atomic E-state index is 11.7. The van der Waals surface area contributed by atoms with Crippen LogP contribution in [-0.4, -0.2) is 40.8 Å². The lowest BCUT2D eigenvalue weighted by atomic mass is 9.98. The number of esters is 1. The smallest absolute Gasteiger partial charge is 0.310 e. The van der Waals surface area contributed by atoms with Gasteiger partial charge in [-0.15, -0.1) is 0 Å². The molecule has 1 fully saturated rings. The van der Waals surface area contributed by atoms with Gasteiger partial charge in [0, 0.05) is 13.1 Å². The Balaban J connectivity index is 2.64. The van der Waals surface area contributed by atoms with E-state index in [0.717, 1.165) is 0 Å². The molecule has 16 heavy (non-hydrogen) atoms. The first-order valence-corrected chi connectivity index (χ1v) is 5.93. The van der Waals surface area contributed by atoms with Gasteiger partial charge < -0.3 is 9.64 Å². The van der Waals surface area contributed by atoms with Gasteiger partial charge in [-0.1, -0.05) is 34.8 Å². The molecule has 0 aromatic heterocycles. The van der Waals surface area contributed by atoms with Crippen LogP contribution in [0.5, 0.6) is 0 Å². The number of carbonyl (C=O) groups excluding carboxylic acids is 2. The lowest BCUT2D eigenvalue weighted by Gasteiger charge is -2.33. The van der Waals surface area contributed by atoms with Gasteiger partial charge in [-0.3, -0.25) is 9.59 Å². The summed E-state index contributed by atoms with van der Waals surface area (Å²) in [7, 11) is 1.32. The molecule has 1 amide bonds. The van der Waals surface area contributed by atoms with E-state index in [2.05, 4.69) is 4.74 Å². The fourth-order valence-electron chi connectivity index (χ4n) is 1.70. The van der Waals surface area contributed by atoms with Gasteiger partial charge in [-0.2, -0.15) is 0 Å². The Labute approximate surface area is 109 Å². The number of nitrogens with zero attached hydrogens (tertiary/aromatic N) is 1. The Kier molecular flexibility index (Phi) is 4.71. The number of likely N-dealkylation sites (tertiary alicyclic amines) is 1. The largest absolute Gasteiger partial charge is 0.469 e. The quantitative estimate of drug-likeness (QED) is 0.546. The van der Waals surface area contributed by atoms with Crippen molar-refractivity contribution in [3.05, 3.63) is 0 Å². The van der Waals surface area contributed by atoms with Crippen molar-refractivity contribution in [1.29, 1.82) is 0 Å². The Morgan fingerprint density at radius 2 is 2.00 bits per heavy atom. The van der Waals surface area contributed by atoms with Crippen LogP contribution in [0, 0.1) is 5.92 Å². The first kappa shape index (κ1) is 13.9. The summed E-state index contributed by atoms with van der Waals surface area (Å²) in [4.78, 5) is 24.4. The van der Waals surface area contributed by atoms with Crippen LogP contribution in [0.4, 0.5) is 0 Å². The van der Waals surface area contributed by atoms with E-state index in [1.807, 2.05) is 0 Å². The number of amides is 1. The van der Waals surface area contributed by atoms with Gasteiger partial charge in [0.1, 0.15) is 0 Å². The van der Waals surface area contributed by atoms with E-state index in [1.54, 1.807) is 0 Å². The van der Waals surface area contributed by atoms with E-state index in [-0.39, 0.29) is 18.4 Å². The third-order valence-electron chi connectivity index (χ3n) is 2.49. The summed E-state index contributed by atoms with van der Waals surface area (Å²) in [5, 5.41) is 0. The molecule has 0 spiro atoms. The third kappa shape index (κ3) is 3.40. The van der Waals surface area contributed by atoms with Crippen molar-refractivity contribution in [3.63, 3.8) is 0 Å². The molecule has 1 rings (SSSR count). The molecule has 1 aliphatic heterocycles. The fraction of sp³-hybridized carbons (Fsp3) is 0.778. The van der Waals surface area contributed by atoms with Gasteiger partial charge in [0.2, 0.25) is 0 Å². The van der Waals surface area contributed by atoms with Crippen molar-refractivity contribution < 1.29 is 14.3 Å². The highest BCUT2D eigenvalue weighted by atomic mass is 35.6. The maximum atomic E-state index is 11.7. The second-order valence-corrected chi connectivity index (χ2v) is 5.89. The molecule has 4 nitrogen and oxygen atoms in total. The Morgan fingerprint density at radius 3 is 2.50 bits per heavy atom. The monoisotopic (exact) mass is 287 g/mol. The van der Waals surface area contributed by atoms with Crippen LogP contribution in [0.3, 0.4) is 0 Å². The molecular formula is C9H12Cl3NO3. The lowest BCUT2D eigenvalue weighted by molar-refractivity contribution is -0.148. The van der Waals surface area contributed by atoms with Crippen LogP contribution in [-0.2, 0) is 14.3 Å². The Bertz CT molecular complexity index is 290. The molecule has 0 N–H and O–H groups in total. The van der Waals surface area contributed by atoms with Gasteiger partial charge >= 0.3 is 5.97 Å². The highest BCUT2D eigenvalue weighted by molar-refractivity contribution is 6.76. The average Bonchev–Trinajstić information content (AvgIpc) is 2.26. The van der Waals surface area contributed by atoms with Gasteiger partial charge in [-0.05, 0) is 12.8 Å². The van der Waals surface area contributed by atoms with E-state index >= 15 is 0 Å². The molecule has 1 atom stereocenters. The molecule has 7 heteroatoms. The fourth-order valence-corrected chi connectivity index (χ4v) is 2.06. The minimum atomic E-state index is -1.96. The molecule has 0 bridgehead atoms. The minimum Gasteiger partial charge on any atom is -0.469 e. The van der Waals surface area contributed by atoms with Crippen molar-refractivity contribution >= 4 is 46.7 Å². The molecular weight excluding hydrogens is 276 g/mol. The first-order valence-electron chi connectivity index (χ1n) is 4.80. The summed E-state index contributed by atoms with van der Waals surface area (Å²) < 4.78 is 2.67. The summed E-state index contributed by atoms with van der Waals surface area (Å²) in [6.45, 7) is 0.750. The number of halogens is 3. The standard InChI is InChI=1S/C9H12Cl3NO3/c1-16-7(14)6-3-2-4-13(5-6)8(15)9(10,11)12/h6H,2-5H2,1H3. The number of hydrogen-bond donors (Lipinski definition) is 0. The van der Waals surface area contributed by atoms with Crippen LogP contribution >= 0.6 is 34.8 Å². The summed E-state index contributed by atoms with van der Waals surface area (Å²) in [5.74, 6) is -1.25. The van der Waals surface area contributed by atoms with Gasteiger partial charge in [0.25, 0.3) is 9.70 Å². The SMILES string of the molecule is COC(=O)C1CCCN(C(=O)C(Cl)(Cl)Cl)C1. The van der Waals surface area contributed by atoms with Crippen LogP contribution < -0.4 is 0 Å². The predicted molar refractivity (Wildman–Crippen MR) is 61.6 cm³/mol. The zero-order valence-corrected chi connectivity index (χ0v) is 11.0. The van der Waals surface area contributed by atoms with Crippen molar-refractivity contribution in [3.8, 4) is 0 Å². The number of piperidine rings is 1. The number of alkyl halides is 3. The number of hydrogen-bond acceptors (Lipinski definition) is 3. The zero-order valence-electron chi connectivity index (χ0n) is 8.71. The number of ether oxygens (including phenoxy) is 1. The molecule has 0 radical (unpaired) electrons. The van der Waals surface area contributed by atoms with Crippen molar-refractivity contribution in [2.24, 2.45) is 5.92 Å². The topological polar surface area (TPSA) is 46.6 Å². The molecule has 0 aromatic rings. The van der Waals surface area contributed by atoms with Gasteiger partial charge in [0.05, 0.1) is 13.0 Å². The number of rotatable bonds is 1. The number of carbonyl (C=O) groups is 2. The van der Waals surface area contributed by atoms with Crippen LogP contribution in [0.25, 0.3) is 0 Å². The van der Waals surface area contributed by atoms with E-state index in [4.69, 9.17) is 34.8 Å². The summed E-state index contributed by atoms with van der Waals surface area (Å²) in [6.07, 6.45) is 1.39. The van der Waals surface area contributed by atoms with E-state index in [9.17, 15) is 9.59 Å². The first-order chi connectivity index (χ1) is 7.36. The molecule has 1 heterocycles. The summed E-state index contributed by atoms with van der Waals surface area (Å²) in [5.41, 5.74) is 0.